The van der Waals surface area contributed by atoms with Crippen molar-refractivity contribution < 1.29 is 18.8 Å². The van der Waals surface area contributed by atoms with Gasteiger partial charge in [0.1, 0.15) is 6.04 Å². The van der Waals surface area contributed by atoms with E-state index in [2.05, 4.69) is 15.5 Å². The first-order valence-corrected chi connectivity index (χ1v) is 7.21. The fourth-order valence-corrected chi connectivity index (χ4v) is 2.00. The third kappa shape index (κ3) is 4.27. The first kappa shape index (κ1) is 15.5. The normalized spacial score (nSPS) is 15.8. The van der Waals surface area contributed by atoms with Gasteiger partial charge in [-0.05, 0) is 18.8 Å². The lowest BCUT2D eigenvalue weighted by molar-refractivity contribution is -0.145. The molecule has 1 heterocycles. The Morgan fingerprint density at radius 3 is 2.67 bits per heavy atom. The molecule has 21 heavy (non-hydrogen) atoms. The van der Waals surface area contributed by atoms with Crippen LogP contribution in [0.5, 0.6) is 0 Å². The van der Waals surface area contributed by atoms with Crippen molar-refractivity contribution in [2.24, 2.45) is 5.92 Å². The van der Waals surface area contributed by atoms with Crippen LogP contribution in [0, 0.1) is 5.92 Å². The van der Waals surface area contributed by atoms with Gasteiger partial charge in [0.05, 0.1) is 7.11 Å². The smallest absolute Gasteiger partial charge is 0.328 e. The lowest BCUT2D eigenvalue weighted by atomic mass is 10.1. The van der Waals surface area contributed by atoms with Gasteiger partial charge in [-0.1, -0.05) is 19.0 Å². The first-order valence-electron chi connectivity index (χ1n) is 7.21. The van der Waals surface area contributed by atoms with Crippen LogP contribution < -0.4 is 5.32 Å². The van der Waals surface area contributed by atoms with Crippen molar-refractivity contribution in [1.29, 1.82) is 0 Å². The minimum Gasteiger partial charge on any atom is -0.467 e. The number of carbonyl (C=O) groups is 2. The summed E-state index contributed by atoms with van der Waals surface area (Å²) in [6, 6.07) is -0.531. The maximum absolute atomic E-state index is 11.9. The fraction of sp³-hybridized carbons (Fsp3) is 0.714. The summed E-state index contributed by atoms with van der Waals surface area (Å²) in [6.07, 6.45) is 2.47. The van der Waals surface area contributed by atoms with Crippen molar-refractivity contribution in [2.75, 3.05) is 7.11 Å². The molecule has 0 aromatic carbocycles. The van der Waals surface area contributed by atoms with E-state index < -0.39 is 6.04 Å². The molecule has 1 aliphatic carbocycles. The van der Waals surface area contributed by atoms with Crippen LogP contribution in [-0.4, -0.2) is 35.2 Å². The number of ether oxygens (including phenoxy) is 1. The molecule has 1 aromatic rings. The molecule has 0 spiro atoms. The summed E-state index contributed by atoms with van der Waals surface area (Å²) >= 11 is 0. The van der Waals surface area contributed by atoms with Gasteiger partial charge in [-0.15, -0.1) is 0 Å². The quantitative estimate of drug-likeness (QED) is 0.759. The van der Waals surface area contributed by atoms with E-state index in [1.54, 1.807) is 0 Å². The summed E-state index contributed by atoms with van der Waals surface area (Å²) in [5, 5.41) is 6.57. The second-order valence-electron chi connectivity index (χ2n) is 5.61. The van der Waals surface area contributed by atoms with Gasteiger partial charge in [0.15, 0.2) is 5.82 Å². The molecule has 1 aliphatic rings. The Bertz CT molecular complexity index is 508. The Kier molecular flexibility index (Phi) is 4.93. The van der Waals surface area contributed by atoms with Crippen LogP contribution in [0.2, 0.25) is 0 Å². The van der Waals surface area contributed by atoms with Crippen LogP contribution in [0.4, 0.5) is 0 Å². The Hall–Kier alpha value is -1.92. The molecule has 7 heteroatoms. The van der Waals surface area contributed by atoms with Crippen LogP contribution in [0.15, 0.2) is 4.52 Å². The highest BCUT2D eigenvalue weighted by Crippen LogP contribution is 2.33. The van der Waals surface area contributed by atoms with Crippen LogP contribution in [0.1, 0.15) is 50.7 Å². The second-order valence-corrected chi connectivity index (χ2v) is 5.61. The number of esters is 1. The zero-order valence-electron chi connectivity index (χ0n) is 12.6. The summed E-state index contributed by atoms with van der Waals surface area (Å²) in [7, 11) is 1.33. The summed E-state index contributed by atoms with van der Waals surface area (Å²) in [6.45, 7) is 3.94. The number of aromatic nitrogens is 2. The lowest BCUT2D eigenvalue weighted by Gasteiger charge is -2.15. The highest BCUT2D eigenvalue weighted by molar-refractivity contribution is 5.85. The number of amides is 1. The molecule has 0 bridgehead atoms. The molecule has 1 N–H and O–H groups in total. The number of hydrogen-bond donors (Lipinski definition) is 1. The van der Waals surface area contributed by atoms with Gasteiger partial charge >= 0.3 is 5.97 Å². The van der Waals surface area contributed by atoms with Crippen LogP contribution in [-0.2, 0) is 20.7 Å². The third-order valence-electron chi connectivity index (χ3n) is 3.43. The lowest BCUT2D eigenvalue weighted by Crippen LogP contribution is -2.43. The highest BCUT2D eigenvalue weighted by Gasteiger charge is 2.37. The summed E-state index contributed by atoms with van der Waals surface area (Å²) < 4.78 is 9.79. The van der Waals surface area contributed by atoms with Gasteiger partial charge in [0.25, 0.3) is 0 Å². The molecule has 0 saturated heterocycles. The summed E-state index contributed by atoms with van der Waals surface area (Å²) in [5.74, 6) is 0.880. The number of aryl methyl sites for hydroxylation is 1. The van der Waals surface area contributed by atoms with E-state index in [0.717, 1.165) is 12.8 Å². The third-order valence-corrected chi connectivity index (χ3v) is 3.43. The Morgan fingerprint density at radius 1 is 1.43 bits per heavy atom. The number of carbonyl (C=O) groups excluding carboxylic acids is 2. The van der Waals surface area contributed by atoms with Crippen molar-refractivity contribution in [3.63, 3.8) is 0 Å². The molecule has 0 aliphatic heterocycles. The van der Waals surface area contributed by atoms with Crippen LogP contribution in [0.25, 0.3) is 0 Å². The molecular weight excluding hydrogens is 274 g/mol. The van der Waals surface area contributed by atoms with Crippen LogP contribution in [0.3, 0.4) is 0 Å². The Labute approximate surface area is 123 Å². The van der Waals surface area contributed by atoms with Gasteiger partial charge in [0, 0.05) is 18.8 Å². The number of rotatable bonds is 7. The molecule has 0 unspecified atom stereocenters. The summed E-state index contributed by atoms with van der Waals surface area (Å²) in [5.41, 5.74) is 0. The molecule has 1 amide bonds. The average Bonchev–Trinajstić information content (AvgIpc) is 3.18. The zero-order valence-corrected chi connectivity index (χ0v) is 12.6. The topological polar surface area (TPSA) is 94.3 Å². The summed E-state index contributed by atoms with van der Waals surface area (Å²) in [4.78, 5) is 27.7. The van der Waals surface area contributed by atoms with Gasteiger partial charge < -0.3 is 14.6 Å². The van der Waals surface area contributed by atoms with E-state index in [1.807, 2.05) is 13.8 Å². The number of methoxy groups -OCH3 is 1. The van der Waals surface area contributed by atoms with Gasteiger partial charge in [-0.3, -0.25) is 4.79 Å². The minimum atomic E-state index is -0.531. The molecule has 1 aromatic heterocycles. The van der Waals surface area contributed by atoms with E-state index in [-0.39, 0.29) is 30.1 Å². The SMILES string of the molecule is COC(=O)[C@@H](NC(=O)CCc1nc(C(C)C)no1)C1CC1. The van der Waals surface area contributed by atoms with E-state index >= 15 is 0 Å². The second kappa shape index (κ2) is 6.69. The first-order chi connectivity index (χ1) is 10.0. The van der Waals surface area contributed by atoms with Crippen molar-refractivity contribution in [3.8, 4) is 0 Å². The molecule has 1 saturated carbocycles. The molecule has 2 rings (SSSR count). The fourth-order valence-electron chi connectivity index (χ4n) is 2.00. The monoisotopic (exact) mass is 295 g/mol. The highest BCUT2D eigenvalue weighted by atomic mass is 16.5. The van der Waals surface area contributed by atoms with Crippen molar-refractivity contribution in [1.82, 2.24) is 15.5 Å². The number of nitrogens with zero attached hydrogens (tertiary/aromatic N) is 2. The van der Waals surface area contributed by atoms with Crippen LogP contribution >= 0.6 is 0 Å². The predicted octanol–water partition coefficient (Wildman–Crippen LogP) is 1.19. The Morgan fingerprint density at radius 2 is 2.14 bits per heavy atom. The van der Waals surface area contributed by atoms with E-state index in [0.29, 0.717) is 18.1 Å². The van der Waals surface area contributed by atoms with Crippen molar-refractivity contribution in [2.45, 2.75) is 51.5 Å². The van der Waals surface area contributed by atoms with E-state index in [9.17, 15) is 9.59 Å². The predicted molar refractivity (Wildman–Crippen MR) is 73.4 cm³/mol. The van der Waals surface area contributed by atoms with Gasteiger partial charge in [0.2, 0.25) is 11.8 Å². The maximum Gasteiger partial charge on any atom is 0.328 e. The van der Waals surface area contributed by atoms with E-state index in [4.69, 9.17) is 9.26 Å². The zero-order chi connectivity index (χ0) is 15.4. The molecular formula is C14H21N3O4. The minimum absolute atomic E-state index is 0.190. The largest absolute Gasteiger partial charge is 0.467 e. The molecule has 0 radical (unpaired) electrons. The maximum atomic E-state index is 11.9. The standard InChI is InChI=1S/C14H21N3O4/c1-8(2)13-16-11(21-17-13)7-6-10(18)15-12(9-4-5-9)14(19)20-3/h8-9,12H,4-7H2,1-3H3,(H,15,18)/t12-/m0/s1. The molecule has 1 fully saturated rings. The average molecular weight is 295 g/mol. The number of hydrogen-bond acceptors (Lipinski definition) is 6. The molecule has 7 nitrogen and oxygen atoms in total. The van der Waals surface area contributed by atoms with Gasteiger partial charge in [-0.25, -0.2) is 4.79 Å². The van der Waals surface area contributed by atoms with E-state index in [1.165, 1.54) is 7.11 Å². The molecule has 116 valence electrons. The van der Waals surface area contributed by atoms with Crippen molar-refractivity contribution >= 4 is 11.9 Å². The van der Waals surface area contributed by atoms with Gasteiger partial charge in [-0.2, -0.15) is 4.98 Å². The molecule has 1 atom stereocenters. The number of nitrogens with one attached hydrogen (secondary N) is 1. The van der Waals surface area contributed by atoms with Crippen molar-refractivity contribution in [3.05, 3.63) is 11.7 Å². The Balaban J connectivity index is 1.81.